The number of aliphatic hydroxyl groups is 2. The van der Waals surface area contributed by atoms with E-state index >= 15 is 0 Å². The number of hydrogen-bond donors (Lipinski definition) is 3. The number of ether oxygens (including phenoxy) is 1. The summed E-state index contributed by atoms with van der Waals surface area (Å²) in [5.41, 5.74) is -0.0249. The summed E-state index contributed by atoms with van der Waals surface area (Å²) < 4.78 is 4.27. The fourth-order valence-electron chi connectivity index (χ4n) is 1.32. The maximum absolute atomic E-state index is 11.0. The molecule has 1 aromatic carbocycles. The smallest absolute Gasteiger partial charge is 0.337 e. The molecule has 98 valence electrons. The number of rotatable bonds is 4. The number of carbonyl (C=O) groups excluding carboxylic acids is 1. The highest BCUT2D eigenvalue weighted by Gasteiger charge is 2.27. The van der Waals surface area contributed by atoms with Gasteiger partial charge >= 0.3 is 11.9 Å². The van der Waals surface area contributed by atoms with Crippen molar-refractivity contribution in [3.05, 3.63) is 34.3 Å². The fourth-order valence-corrected chi connectivity index (χ4v) is 1.59. The molecule has 0 bridgehead atoms. The molecule has 3 N–H and O–H groups in total. The second-order valence-corrected chi connectivity index (χ2v) is 3.86. The van der Waals surface area contributed by atoms with Crippen molar-refractivity contribution in [1.29, 1.82) is 0 Å². The van der Waals surface area contributed by atoms with Gasteiger partial charge < -0.3 is 20.1 Å². The summed E-state index contributed by atoms with van der Waals surface area (Å²) in [6.45, 7) is 0. The van der Waals surface area contributed by atoms with Gasteiger partial charge in [0.2, 0.25) is 0 Å². The van der Waals surface area contributed by atoms with Crippen LogP contribution in [0.25, 0.3) is 0 Å². The number of methoxy groups -OCH3 is 1. The zero-order chi connectivity index (χ0) is 13.9. The maximum Gasteiger partial charge on any atom is 0.337 e. The Morgan fingerprint density at radius 1 is 1.33 bits per heavy atom. The Balaban J connectivity index is 3.01. The van der Waals surface area contributed by atoms with Crippen molar-refractivity contribution in [1.82, 2.24) is 0 Å². The number of esters is 1. The molecule has 1 rings (SSSR count). The van der Waals surface area contributed by atoms with Crippen LogP contribution in [0.5, 0.6) is 0 Å². The third kappa shape index (κ3) is 2.98. The minimum Gasteiger partial charge on any atom is -0.478 e. The minimum atomic E-state index is -1.76. The van der Waals surface area contributed by atoms with Gasteiger partial charge in [-0.15, -0.1) is 0 Å². The average molecular weight is 275 g/mol. The predicted octanol–water partition coefficient (Wildman–Crippen LogP) is 0.606. The number of aromatic carboxylic acids is 1. The van der Waals surface area contributed by atoms with Crippen molar-refractivity contribution in [3.8, 4) is 0 Å². The van der Waals surface area contributed by atoms with E-state index in [2.05, 4.69) is 4.74 Å². The fraction of sp³-hybridized carbons (Fsp3) is 0.273. The zero-order valence-corrected chi connectivity index (χ0v) is 10.1. The molecule has 0 amide bonds. The number of carboxylic acid groups (broad SMARTS) is 1. The van der Waals surface area contributed by atoms with E-state index in [9.17, 15) is 19.8 Å². The van der Waals surface area contributed by atoms with E-state index in [1.54, 1.807) is 0 Å². The largest absolute Gasteiger partial charge is 0.478 e. The summed E-state index contributed by atoms with van der Waals surface area (Å²) in [6, 6.07) is 3.60. The normalized spacial score (nSPS) is 13.8. The van der Waals surface area contributed by atoms with Crippen LogP contribution >= 0.6 is 11.6 Å². The van der Waals surface area contributed by atoms with Crippen LogP contribution in [-0.2, 0) is 9.53 Å². The molecule has 0 heterocycles. The van der Waals surface area contributed by atoms with Gasteiger partial charge in [0, 0.05) is 0 Å². The summed E-state index contributed by atoms with van der Waals surface area (Å²) >= 11 is 5.70. The molecular formula is C11H11ClO6. The molecule has 0 aliphatic rings. The third-order valence-corrected chi connectivity index (χ3v) is 2.62. The van der Waals surface area contributed by atoms with Gasteiger partial charge in [0.15, 0.2) is 6.10 Å². The molecule has 6 nitrogen and oxygen atoms in total. The van der Waals surface area contributed by atoms with Crippen molar-refractivity contribution in [2.75, 3.05) is 7.11 Å². The topological polar surface area (TPSA) is 104 Å². The molecule has 0 radical (unpaired) electrons. The lowest BCUT2D eigenvalue weighted by Gasteiger charge is -2.16. The van der Waals surface area contributed by atoms with Crippen LogP contribution in [0.4, 0.5) is 0 Å². The average Bonchev–Trinajstić information content (AvgIpc) is 2.35. The Morgan fingerprint density at radius 3 is 2.39 bits per heavy atom. The Morgan fingerprint density at radius 2 is 1.94 bits per heavy atom. The van der Waals surface area contributed by atoms with Crippen LogP contribution in [0, 0.1) is 0 Å². The van der Waals surface area contributed by atoms with Crippen LogP contribution in [0.1, 0.15) is 22.0 Å². The molecule has 0 aliphatic heterocycles. The Labute approximate surface area is 107 Å². The lowest BCUT2D eigenvalue weighted by Crippen LogP contribution is -2.29. The number of hydrogen-bond acceptors (Lipinski definition) is 5. The first kappa shape index (κ1) is 14.4. The molecule has 0 saturated heterocycles. The van der Waals surface area contributed by atoms with Crippen molar-refractivity contribution in [3.63, 3.8) is 0 Å². The van der Waals surface area contributed by atoms with Gasteiger partial charge in [0.25, 0.3) is 0 Å². The van der Waals surface area contributed by atoms with Gasteiger partial charge in [-0.2, -0.15) is 0 Å². The molecule has 0 aliphatic carbocycles. The number of carboxylic acids is 1. The van der Waals surface area contributed by atoms with Gasteiger partial charge in [-0.25, -0.2) is 9.59 Å². The van der Waals surface area contributed by atoms with Gasteiger partial charge in [0.05, 0.1) is 17.7 Å². The van der Waals surface area contributed by atoms with Crippen LogP contribution in [0.3, 0.4) is 0 Å². The van der Waals surface area contributed by atoms with Crippen molar-refractivity contribution < 1.29 is 29.6 Å². The maximum atomic E-state index is 11.0. The first-order valence-corrected chi connectivity index (χ1v) is 5.23. The van der Waals surface area contributed by atoms with E-state index in [0.29, 0.717) is 0 Å². The monoisotopic (exact) mass is 274 g/mol. The van der Waals surface area contributed by atoms with E-state index < -0.39 is 24.1 Å². The lowest BCUT2D eigenvalue weighted by molar-refractivity contribution is -0.156. The van der Waals surface area contributed by atoms with E-state index in [4.69, 9.17) is 16.7 Å². The van der Waals surface area contributed by atoms with E-state index in [0.717, 1.165) is 7.11 Å². The second kappa shape index (κ2) is 5.81. The van der Waals surface area contributed by atoms with Crippen LogP contribution in [0.2, 0.25) is 5.02 Å². The quantitative estimate of drug-likeness (QED) is 0.695. The summed E-state index contributed by atoms with van der Waals surface area (Å²) in [5, 5.41) is 27.8. The molecule has 7 heteroatoms. The molecule has 0 aromatic heterocycles. The van der Waals surface area contributed by atoms with Crippen molar-refractivity contribution >= 4 is 23.5 Å². The second-order valence-electron chi connectivity index (χ2n) is 3.46. The Kier molecular flexibility index (Phi) is 4.66. The number of carbonyl (C=O) groups is 2. The van der Waals surface area contributed by atoms with Gasteiger partial charge in [0.1, 0.15) is 6.10 Å². The van der Waals surface area contributed by atoms with Gasteiger partial charge in [-0.1, -0.05) is 17.7 Å². The molecule has 0 fully saturated rings. The molecule has 0 saturated carbocycles. The van der Waals surface area contributed by atoms with E-state index in [1.165, 1.54) is 18.2 Å². The highest BCUT2D eigenvalue weighted by molar-refractivity contribution is 6.33. The van der Waals surface area contributed by atoms with Crippen LogP contribution < -0.4 is 0 Å². The summed E-state index contributed by atoms with van der Waals surface area (Å²) in [6.07, 6.45) is -3.31. The number of benzene rings is 1. The standard InChI is InChI=1S/C11H11ClO6/c1-18-11(17)9(14)8(13)5-2-3-6(10(15)16)7(12)4-5/h2-4,8-9,13-14H,1H3,(H,15,16). The first-order valence-electron chi connectivity index (χ1n) is 4.85. The van der Waals surface area contributed by atoms with Crippen LogP contribution in [-0.4, -0.2) is 40.5 Å². The molecular weight excluding hydrogens is 264 g/mol. The molecule has 18 heavy (non-hydrogen) atoms. The minimum absolute atomic E-state index is 0.101. The van der Waals surface area contributed by atoms with Crippen LogP contribution in [0.15, 0.2) is 18.2 Å². The number of aliphatic hydroxyl groups excluding tert-OH is 2. The molecule has 1 aromatic rings. The molecule has 2 atom stereocenters. The SMILES string of the molecule is COC(=O)C(O)C(O)c1ccc(C(=O)O)c(Cl)c1. The van der Waals surface area contributed by atoms with E-state index in [-0.39, 0.29) is 16.1 Å². The molecule has 0 spiro atoms. The lowest BCUT2D eigenvalue weighted by atomic mass is 10.0. The van der Waals surface area contributed by atoms with Gasteiger partial charge in [-0.05, 0) is 17.7 Å². The van der Waals surface area contributed by atoms with Gasteiger partial charge in [-0.3, -0.25) is 0 Å². The zero-order valence-electron chi connectivity index (χ0n) is 9.33. The highest BCUT2D eigenvalue weighted by atomic mass is 35.5. The predicted molar refractivity (Wildman–Crippen MR) is 61.4 cm³/mol. The molecule has 2 unspecified atom stereocenters. The summed E-state index contributed by atoms with van der Waals surface area (Å²) in [4.78, 5) is 21.7. The third-order valence-electron chi connectivity index (χ3n) is 2.31. The van der Waals surface area contributed by atoms with Crippen molar-refractivity contribution in [2.24, 2.45) is 0 Å². The highest BCUT2D eigenvalue weighted by Crippen LogP contribution is 2.24. The summed E-state index contributed by atoms with van der Waals surface area (Å²) in [5.74, 6) is -2.21. The van der Waals surface area contributed by atoms with E-state index in [1.807, 2.05) is 0 Å². The number of halogens is 1. The Hall–Kier alpha value is -1.63. The van der Waals surface area contributed by atoms with Crippen molar-refractivity contribution in [2.45, 2.75) is 12.2 Å². The summed E-state index contributed by atoms with van der Waals surface area (Å²) in [7, 11) is 1.07. The Bertz CT molecular complexity index is 473. The first-order chi connectivity index (χ1) is 8.38.